The summed E-state index contributed by atoms with van der Waals surface area (Å²) in [6, 6.07) is 11.5. The van der Waals surface area contributed by atoms with E-state index >= 15 is 0 Å². The van der Waals surface area contributed by atoms with Gasteiger partial charge in [0, 0.05) is 6.04 Å². The van der Waals surface area contributed by atoms with Crippen molar-refractivity contribution in [3.63, 3.8) is 0 Å². The summed E-state index contributed by atoms with van der Waals surface area (Å²) >= 11 is 0. The summed E-state index contributed by atoms with van der Waals surface area (Å²) in [5, 5.41) is 3.73. The quantitative estimate of drug-likeness (QED) is 0.719. The van der Waals surface area contributed by atoms with E-state index in [0.717, 1.165) is 12.5 Å². The molecular weight excluding hydrogens is 230 g/mol. The second-order valence-electron chi connectivity index (χ2n) is 6.00. The minimum absolute atomic E-state index is 0.558. The van der Waals surface area contributed by atoms with Crippen LogP contribution >= 0.6 is 0 Å². The molecule has 1 aliphatic rings. The Kier molecular flexibility index (Phi) is 6.43. The summed E-state index contributed by atoms with van der Waals surface area (Å²) in [4.78, 5) is 0. The smallest absolute Gasteiger partial charge is 0.0320 e. The van der Waals surface area contributed by atoms with Crippen LogP contribution < -0.4 is 5.32 Å². The number of rotatable bonds is 7. The van der Waals surface area contributed by atoms with Crippen molar-refractivity contribution in [3.05, 3.63) is 35.9 Å². The largest absolute Gasteiger partial charge is 0.310 e. The highest BCUT2D eigenvalue weighted by molar-refractivity contribution is 5.18. The average molecular weight is 259 g/mol. The van der Waals surface area contributed by atoms with E-state index in [1.54, 1.807) is 0 Å². The van der Waals surface area contributed by atoms with Gasteiger partial charge in [0.2, 0.25) is 0 Å². The molecule has 1 nitrogen and oxygen atoms in total. The van der Waals surface area contributed by atoms with E-state index in [1.807, 2.05) is 0 Å². The summed E-state index contributed by atoms with van der Waals surface area (Å²) in [5.41, 5.74) is 1.46. The van der Waals surface area contributed by atoms with Crippen molar-refractivity contribution in [2.45, 2.75) is 64.3 Å². The van der Waals surface area contributed by atoms with E-state index in [4.69, 9.17) is 0 Å². The molecule has 0 aliphatic heterocycles. The zero-order valence-corrected chi connectivity index (χ0v) is 12.4. The number of benzene rings is 1. The van der Waals surface area contributed by atoms with Crippen LogP contribution in [0.3, 0.4) is 0 Å². The van der Waals surface area contributed by atoms with Gasteiger partial charge in [0.15, 0.2) is 0 Å². The number of hydrogen-bond donors (Lipinski definition) is 1. The fourth-order valence-corrected chi connectivity index (χ4v) is 3.27. The molecule has 106 valence electrons. The van der Waals surface area contributed by atoms with Crippen LogP contribution in [0.15, 0.2) is 30.3 Å². The molecule has 0 bridgehead atoms. The van der Waals surface area contributed by atoms with Crippen LogP contribution in [0.1, 0.15) is 69.9 Å². The molecule has 1 N–H and O–H groups in total. The minimum atomic E-state index is 0.558. The monoisotopic (exact) mass is 259 g/mol. The van der Waals surface area contributed by atoms with E-state index in [9.17, 15) is 0 Å². The highest BCUT2D eigenvalue weighted by Crippen LogP contribution is 2.30. The first kappa shape index (κ1) is 14.6. The molecule has 1 unspecified atom stereocenters. The lowest BCUT2D eigenvalue weighted by atomic mass is 9.84. The average Bonchev–Trinajstić information content (AvgIpc) is 2.49. The maximum Gasteiger partial charge on any atom is 0.0320 e. The molecule has 0 spiro atoms. The molecule has 2 rings (SSSR count). The molecule has 1 fully saturated rings. The summed E-state index contributed by atoms with van der Waals surface area (Å²) < 4.78 is 0. The standard InChI is InChI=1S/C18H29N/c1-2-15-19-18(17-11-7-4-8-12-17)14-13-16-9-5-3-6-10-16/h4,7-8,11-12,16,18-19H,2-3,5-6,9-10,13-15H2,1H3. The Balaban J connectivity index is 1.86. The van der Waals surface area contributed by atoms with Crippen LogP contribution in [0.25, 0.3) is 0 Å². The van der Waals surface area contributed by atoms with Crippen molar-refractivity contribution in [1.29, 1.82) is 0 Å². The van der Waals surface area contributed by atoms with Crippen molar-refractivity contribution >= 4 is 0 Å². The Labute approximate surface area is 118 Å². The summed E-state index contributed by atoms with van der Waals surface area (Å²) in [6.07, 6.45) is 11.2. The van der Waals surface area contributed by atoms with E-state index in [0.29, 0.717) is 6.04 Å². The van der Waals surface area contributed by atoms with Gasteiger partial charge in [0.05, 0.1) is 0 Å². The van der Waals surface area contributed by atoms with Crippen LogP contribution in [0.2, 0.25) is 0 Å². The molecule has 1 heteroatoms. The highest BCUT2D eigenvalue weighted by Gasteiger charge is 2.16. The predicted octanol–water partition coefficient (Wildman–Crippen LogP) is 5.09. The first-order valence-electron chi connectivity index (χ1n) is 8.18. The van der Waals surface area contributed by atoms with Gasteiger partial charge in [-0.1, -0.05) is 69.4 Å². The predicted molar refractivity (Wildman–Crippen MR) is 83.3 cm³/mol. The third-order valence-corrected chi connectivity index (χ3v) is 4.43. The van der Waals surface area contributed by atoms with Gasteiger partial charge >= 0.3 is 0 Å². The molecule has 1 saturated carbocycles. The van der Waals surface area contributed by atoms with Crippen LogP contribution in [0, 0.1) is 5.92 Å². The molecule has 0 amide bonds. The van der Waals surface area contributed by atoms with Crippen molar-refractivity contribution in [2.75, 3.05) is 6.54 Å². The van der Waals surface area contributed by atoms with E-state index in [2.05, 4.69) is 42.6 Å². The second-order valence-corrected chi connectivity index (χ2v) is 6.00. The van der Waals surface area contributed by atoms with E-state index in [-0.39, 0.29) is 0 Å². The lowest BCUT2D eigenvalue weighted by Crippen LogP contribution is -2.23. The molecule has 1 aliphatic carbocycles. The molecule has 0 radical (unpaired) electrons. The van der Waals surface area contributed by atoms with Crippen molar-refractivity contribution in [2.24, 2.45) is 5.92 Å². The lowest BCUT2D eigenvalue weighted by Gasteiger charge is -2.25. The summed E-state index contributed by atoms with van der Waals surface area (Å²) in [5.74, 6) is 0.989. The van der Waals surface area contributed by atoms with Crippen molar-refractivity contribution in [1.82, 2.24) is 5.32 Å². The fourth-order valence-electron chi connectivity index (χ4n) is 3.27. The Bertz CT molecular complexity index is 327. The topological polar surface area (TPSA) is 12.0 Å². The Hall–Kier alpha value is -0.820. The Morgan fingerprint density at radius 3 is 2.53 bits per heavy atom. The van der Waals surface area contributed by atoms with E-state index in [1.165, 1.54) is 56.9 Å². The maximum absolute atomic E-state index is 3.73. The van der Waals surface area contributed by atoms with Gasteiger partial charge < -0.3 is 5.32 Å². The third-order valence-electron chi connectivity index (χ3n) is 4.43. The third kappa shape index (κ3) is 4.99. The zero-order chi connectivity index (χ0) is 13.3. The van der Waals surface area contributed by atoms with Crippen molar-refractivity contribution < 1.29 is 0 Å². The Morgan fingerprint density at radius 2 is 1.84 bits per heavy atom. The normalized spacial score (nSPS) is 18.4. The molecule has 0 saturated heterocycles. The summed E-state index contributed by atoms with van der Waals surface area (Å²) in [7, 11) is 0. The number of hydrogen-bond acceptors (Lipinski definition) is 1. The van der Waals surface area contributed by atoms with E-state index < -0.39 is 0 Å². The van der Waals surface area contributed by atoms with Crippen LogP contribution in [0.5, 0.6) is 0 Å². The first-order chi connectivity index (χ1) is 9.40. The van der Waals surface area contributed by atoms with Gasteiger partial charge in [-0.15, -0.1) is 0 Å². The van der Waals surface area contributed by atoms with Gasteiger partial charge in [-0.25, -0.2) is 0 Å². The zero-order valence-electron chi connectivity index (χ0n) is 12.4. The van der Waals surface area contributed by atoms with Gasteiger partial charge in [-0.3, -0.25) is 0 Å². The van der Waals surface area contributed by atoms with Crippen LogP contribution in [-0.2, 0) is 0 Å². The SMILES string of the molecule is CCCNC(CCC1CCCCC1)c1ccccc1. The van der Waals surface area contributed by atoms with Crippen molar-refractivity contribution in [3.8, 4) is 0 Å². The molecule has 0 aromatic heterocycles. The van der Waals surface area contributed by atoms with Gasteiger partial charge in [-0.2, -0.15) is 0 Å². The summed E-state index contributed by atoms with van der Waals surface area (Å²) in [6.45, 7) is 3.38. The van der Waals surface area contributed by atoms with Gasteiger partial charge in [0.25, 0.3) is 0 Å². The van der Waals surface area contributed by atoms with Crippen LogP contribution in [-0.4, -0.2) is 6.54 Å². The first-order valence-corrected chi connectivity index (χ1v) is 8.18. The molecule has 1 atom stereocenters. The van der Waals surface area contributed by atoms with Gasteiger partial charge in [0.1, 0.15) is 0 Å². The second kappa shape index (κ2) is 8.37. The molecule has 19 heavy (non-hydrogen) atoms. The fraction of sp³-hybridized carbons (Fsp3) is 0.667. The molecule has 1 aromatic carbocycles. The maximum atomic E-state index is 3.73. The molecular formula is C18H29N. The van der Waals surface area contributed by atoms with Gasteiger partial charge in [-0.05, 0) is 37.3 Å². The minimum Gasteiger partial charge on any atom is -0.310 e. The van der Waals surface area contributed by atoms with Crippen LogP contribution in [0.4, 0.5) is 0 Å². The molecule has 0 heterocycles. The molecule has 1 aromatic rings. The highest BCUT2D eigenvalue weighted by atomic mass is 14.9. The lowest BCUT2D eigenvalue weighted by molar-refractivity contribution is 0.314. The number of nitrogens with one attached hydrogen (secondary N) is 1. The Morgan fingerprint density at radius 1 is 1.11 bits per heavy atom.